The van der Waals surface area contributed by atoms with Gasteiger partial charge >= 0.3 is 0 Å². The van der Waals surface area contributed by atoms with Crippen molar-refractivity contribution in [2.45, 2.75) is 44.4 Å². The van der Waals surface area contributed by atoms with E-state index in [2.05, 4.69) is 41.2 Å². The van der Waals surface area contributed by atoms with E-state index in [9.17, 15) is 0 Å². The van der Waals surface area contributed by atoms with Crippen molar-refractivity contribution >= 4 is 39.0 Å². The highest BCUT2D eigenvalue weighted by Gasteiger charge is 2.18. The molecule has 0 aliphatic rings. The average Bonchev–Trinajstić information content (AvgIpc) is 2.64. The summed E-state index contributed by atoms with van der Waals surface area (Å²) < 4.78 is 1.17. The predicted molar refractivity (Wildman–Crippen MR) is 80.4 cm³/mol. The molecular weight excluding hydrogens is 302 g/mol. The number of rotatable bonds is 7. The Labute approximate surface area is 115 Å². The Bertz CT molecular complexity index is 299. The first-order valence-electron chi connectivity index (χ1n) is 5.76. The minimum Gasteiger partial charge on any atom is -0.327 e. The molecule has 16 heavy (non-hydrogen) atoms. The molecule has 4 heteroatoms. The van der Waals surface area contributed by atoms with E-state index in [-0.39, 0.29) is 6.04 Å². The van der Waals surface area contributed by atoms with Crippen molar-refractivity contribution in [3.05, 3.63) is 20.8 Å². The Morgan fingerprint density at radius 3 is 2.75 bits per heavy atom. The van der Waals surface area contributed by atoms with Gasteiger partial charge in [0.2, 0.25) is 0 Å². The largest absolute Gasteiger partial charge is 0.327 e. The Hall–Kier alpha value is 0.490. The first-order valence-corrected chi connectivity index (χ1v) is 8.48. The number of hydrogen-bond donors (Lipinski definition) is 1. The maximum atomic E-state index is 6.06. The number of nitrogens with two attached hydrogens (primary N) is 1. The summed E-state index contributed by atoms with van der Waals surface area (Å²) in [5, 5.41) is 2.59. The lowest BCUT2D eigenvalue weighted by molar-refractivity contribution is 0.724. The van der Waals surface area contributed by atoms with E-state index >= 15 is 0 Å². The van der Waals surface area contributed by atoms with Gasteiger partial charge in [0.15, 0.2) is 0 Å². The maximum absolute atomic E-state index is 6.06. The van der Waals surface area contributed by atoms with Gasteiger partial charge in [0, 0.05) is 20.8 Å². The number of hydrogen-bond acceptors (Lipinski definition) is 3. The van der Waals surface area contributed by atoms with Crippen LogP contribution in [-0.2, 0) is 0 Å². The second kappa shape index (κ2) is 7.75. The molecule has 0 aliphatic carbocycles. The van der Waals surface area contributed by atoms with Gasteiger partial charge in [-0.15, -0.1) is 11.3 Å². The summed E-state index contributed by atoms with van der Waals surface area (Å²) in [6, 6.07) is 2.42. The minimum absolute atomic E-state index is 0.220. The van der Waals surface area contributed by atoms with E-state index in [0.717, 1.165) is 0 Å². The molecule has 0 fully saturated rings. The summed E-state index contributed by atoms with van der Waals surface area (Å²) in [5.41, 5.74) is 6.06. The lowest BCUT2D eigenvalue weighted by atomic mass is 10.2. The number of halogens is 1. The first kappa shape index (κ1) is 14.6. The third-order valence-electron chi connectivity index (χ3n) is 2.39. The van der Waals surface area contributed by atoms with Crippen LogP contribution in [0.5, 0.6) is 0 Å². The highest BCUT2D eigenvalue weighted by atomic mass is 79.9. The summed E-state index contributed by atoms with van der Waals surface area (Å²) >= 11 is 7.31. The first-order chi connectivity index (χ1) is 7.65. The summed E-state index contributed by atoms with van der Waals surface area (Å²) in [4.78, 5) is 1.39. The smallest absolute Gasteiger partial charge is 0.0539 e. The molecular formula is C12H20BrNS2. The zero-order chi connectivity index (χ0) is 12.0. The normalized spacial score (nSPS) is 15.0. The van der Waals surface area contributed by atoms with Gasteiger partial charge in [-0.25, -0.2) is 0 Å². The minimum atomic E-state index is 0.220. The van der Waals surface area contributed by atoms with Crippen LogP contribution in [0.25, 0.3) is 0 Å². The van der Waals surface area contributed by atoms with E-state index < -0.39 is 0 Å². The summed E-state index contributed by atoms with van der Waals surface area (Å²) in [6.45, 7) is 4.34. The van der Waals surface area contributed by atoms with Crippen molar-refractivity contribution in [1.82, 2.24) is 0 Å². The van der Waals surface area contributed by atoms with Crippen molar-refractivity contribution in [3.63, 3.8) is 0 Å². The third-order valence-corrected chi connectivity index (χ3v) is 5.88. The number of unbranched alkanes of at least 4 members (excludes halogenated alkanes) is 2. The van der Waals surface area contributed by atoms with E-state index in [1.54, 1.807) is 11.3 Å². The zero-order valence-electron chi connectivity index (χ0n) is 9.91. The van der Waals surface area contributed by atoms with Gasteiger partial charge in [0.05, 0.1) is 5.25 Å². The van der Waals surface area contributed by atoms with Gasteiger partial charge in [0.25, 0.3) is 0 Å². The standard InChI is InChI=1S/C12H20BrNS2/c1-3-4-5-6-15-12(9(2)14)11-7-10(13)8-16-11/h7-9,12H,3-6,14H2,1-2H3. The molecule has 0 saturated heterocycles. The summed E-state index contributed by atoms with van der Waals surface area (Å²) in [7, 11) is 0. The van der Waals surface area contributed by atoms with Crippen LogP contribution < -0.4 is 5.73 Å². The molecule has 1 aromatic rings. The van der Waals surface area contributed by atoms with Crippen LogP contribution >= 0.6 is 39.0 Å². The maximum Gasteiger partial charge on any atom is 0.0539 e. The van der Waals surface area contributed by atoms with Crippen LogP contribution in [0.2, 0.25) is 0 Å². The molecule has 1 aromatic heterocycles. The third kappa shape index (κ3) is 4.78. The van der Waals surface area contributed by atoms with Gasteiger partial charge in [-0.3, -0.25) is 0 Å². The lowest BCUT2D eigenvalue weighted by Gasteiger charge is -2.18. The van der Waals surface area contributed by atoms with Gasteiger partial charge in [-0.1, -0.05) is 19.8 Å². The van der Waals surface area contributed by atoms with Crippen molar-refractivity contribution < 1.29 is 0 Å². The quantitative estimate of drug-likeness (QED) is 0.728. The molecule has 2 N–H and O–H groups in total. The highest BCUT2D eigenvalue weighted by Crippen LogP contribution is 2.37. The molecule has 2 unspecified atom stereocenters. The molecule has 1 heterocycles. The van der Waals surface area contributed by atoms with Crippen molar-refractivity contribution in [1.29, 1.82) is 0 Å². The molecule has 0 bridgehead atoms. The molecule has 0 spiro atoms. The Balaban J connectivity index is 2.48. The van der Waals surface area contributed by atoms with Gasteiger partial charge in [-0.05, 0) is 41.1 Å². The fraction of sp³-hybridized carbons (Fsp3) is 0.667. The molecule has 92 valence electrons. The average molecular weight is 322 g/mol. The van der Waals surface area contributed by atoms with E-state index in [1.807, 2.05) is 11.8 Å². The topological polar surface area (TPSA) is 26.0 Å². The molecule has 0 radical (unpaired) electrons. The van der Waals surface area contributed by atoms with Crippen molar-refractivity contribution in [2.75, 3.05) is 5.75 Å². The Morgan fingerprint density at radius 1 is 1.50 bits per heavy atom. The predicted octanol–water partition coefficient (Wildman–Crippen LogP) is 4.82. The fourth-order valence-electron chi connectivity index (χ4n) is 1.53. The van der Waals surface area contributed by atoms with Crippen LogP contribution in [0, 0.1) is 0 Å². The second-order valence-electron chi connectivity index (χ2n) is 4.02. The number of thiophene rings is 1. The van der Waals surface area contributed by atoms with Crippen LogP contribution in [0.3, 0.4) is 0 Å². The van der Waals surface area contributed by atoms with Crippen molar-refractivity contribution in [2.24, 2.45) is 5.73 Å². The van der Waals surface area contributed by atoms with Crippen LogP contribution in [0.1, 0.15) is 43.2 Å². The molecule has 1 rings (SSSR count). The zero-order valence-corrected chi connectivity index (χ0v) is 13.1. The summed E-state index contributed by atoms with van der Waals surface area (Å²) in [5.74, 6) is 1.22. The molecule has 0 amide bonds. The van der Waals surface area contributed by atoms with Crippen molar-refractivity contribution in [3.8, 4) is 0 Å². The van der Waals surface area contributed by atoms with Gasteiger partial charge in [0.1, 0.15) is 0 Å². The molecule has 2 atom stereocenters. The van der Waals surface area contributed by atoms with E-state index in [4.69, 9.17) is 5.73 Å². The van der Waals surface area contributed by atoms with Gasteiger partial charge < -0.3 is 5.73 Å². The van der Waals surface area contributed by atoms with Crippen LogP contribution in [0.15, 0.2) is 15.9 Å². The number of thioether (sulfide) groups is 1. The van der Waals surface area contributed by atoms with E-state index in [1.165, 1.54) is 34.4 Å². The monoisotopic (exact) mass is 321 g/mol. The Kier molecular flexibility index (Phi) is 7.04. The van der Waals surface area contributed by atoms with E-state index in [0.29, 0.717) is 5.25 Å². The SMILES string of the molecule is CCCCCSC(c1cc(Br)cs1)C(C)N. The highest BCUT2D eigenvalue weighted by molar-refractivity contribution is 9.10. The molecule has 0 saturated carbocycles. The van der Waals surface area contributed by atoms with Crippen LogP contribution in [0.4, 0.5) is 0 Å². The molecule has 0 aromatic carbocycles. The summed E-state index contributed by atoms with van der Waals surface area (Å²) in [6.07, 6.45) is 3.91. The van der Waals surface area contributed by atoms with Crippen LogP contribution in [-0.4, -0.2) is 11.8 Å². The lowest BCUT2D eigenvalue weighted by Crippen LogP contribution is -2.22. The van der Waals surface area contributed by atoms with Gasteiger partial charge in [-0.2, -0.15) is 11.8 Å². The second-order valence-corrected chi connectivity index (χ2v) is 7.13. The fourth-order valence-corrected chi connectivity index (χ4v) is 4.60. The Morgan fingerprint density at radius 2 is 2.25 bits per heavy atom. The molecule has 1 nitrogen and oxygen atoms in total. The molecule has 0 aliphatic heterocycles.